The fourth-order valence-corrected chi connectivity index (χ4v) is 3.33. The lowest BCUT2D eigenvalue weighted by Crippen LogP contribution is -2.46. The lowest BCUT2D eigenvalue weighted by Gasteiger charge is -2.36. The van der Waals surface area contributed by atoms with Gasteiger partial charge in [0.2, 0.25) is 0 Å². The Kier molecular flexibility index (Phi) is 3.41. The zero-order valence-corrected chi connectivity index (χ0v) is 9.78. The van der Waals surface area contributed by atoms with Crippen LogP contribution < -0.4 is 0 Å². The maximum atomic E-state index is 11.9. The van der Waals surface area contributed by atoms with Gasteiger partial charge in [-0.15, -0.1) is 0 Å². The van der Waals surface area contributed by atoms with Crippen molar-refractivity contribution >= 4 is 17.5 Å². The number of carbonyl (C=O) groups excluding carboxylic acids is 1. The van der Waals surface area contributed by atoms with E-state index in [4.69, 9.17) is 0 Å². The lowest BCUT2D eigenvalue weighted by molar-refractivity contribution is -0.130. The molecule has 1 aliphatic heterocycles. The second kappa shape index (κ2) is 4.01. The first-order valence-electron chi connectivity index (χ1n) is 4.72. The second-order valence-electron chi connectivity index (χ2n) is 4.58. The molecule has 0 saturated carbocycles. The Balaban J connectivity index is 2.69. The van der Waals surface area contributed by atoms with Gasteiger partial charge >= 0.3 is 0 Å². The Morgan fingerprint density at radius 3 is 2.77 bits per heavy atom. The topological polar surface area (TPSA) is 20.3 Å². The molecule has 1 aliphatic rings. The van der Waals surface area contributed by atoms with Gasteiger partial charge in [0, 0.05) is 29.4 Å². The van der Waals surface area contributed by atoms with E-state index in [2.05, 4.69) is 11.8 Å². The molecule has 0 radical (unpaired) electrons. The van der Waals surface area contributed by atoms with Gasteiger partial charge in [-0.1, -0.05) is 13.8 Å². The molecule has 0 bridgehead atoms. The molecule has 0 aromatic carbocycles. The molecule has 0 amide bonds. The first-order valence-corrected chi connectivity index (χ1v) is 5.88. The summed E-state index contributed by atoms with van der Waals surface area (Å²) >= 11 is 1.91. The fourth-order valence-electron chi connectivity index (χ4n) is 2.02. The minimum atomic E-state index is -0.119. The smallest absolute Gasteiger partial charge is 0.144 e. The average molecular weight is 201 g/mol. The van der Waals surface area contributed by atoms with E-state index in [-0.39, 0.29) is 11.3 Å². The molecular weight excluding hydrogens is 182 g/mol. The Bertz CT molecular complexity index is 205. The van der Waals surface area contributed by atoms with E-state index in [1.807, 2.05) is 32.8 Å². The van der Waals surface area contributed by atoms with Crippen LogP contribution in [-0.4, -0.2) is 42.8 Å². The normalized spacial score (nSPS) is 35.5. The number of rotatable bonds is 2. The van der Waals surface area contributed by atoms with E-state index < -0.39 is 0 Å². The number of Topliss-reactive ketones (excluding diaryl/α,β-unsaturated/α-hetero) is 1. The van der Waals surface area contributed by atoms with Gasteiger partial charge < -0.3 is 4.90 Å². The van der Waals surface area contributed by atoms with Crippen LogP contribution in [0, 0.1) is 11.3 Å². The van der Waals surface area contributed by atoms with E-state index in [0.29, 0.717) is 5.78 Å². The molecule has 2 nitrogen and oxygen atoms in total. The first kappa shape index (κ1) is 11.1. The highest BCUT2D eigenvalue weighted by atomic mass is 32.2. The highest BCUT2D eigenvalue weighted by molar-refractivity contribution is 7.99. The zero-order valence-electron chi connectivity index (χ0n) is 8.96. The van der Waals surface area contributed by atoms with Gasteiger partial charge in [-0.25, -0.2) is 0 Å². The Morgan fingerprint density at radius 2 is 2.23 bits per heavy atom. The van der Waals surface area contributed by atoms with Crippen LogP contribution in [0.25, 0.3) is 0 Å². The molecule has 1 fully saturated rings. The van der Waals surface area contributed by atoms with E-state index in [9.17, 15) is 4.79 Å². The summed E-state index contributed by atoms with van der Waals surface area (Å²) < 4.78 is 0. The monoisotopic (exact) mass is 201 g/mol. The fraction of sp³-hybridized carbons (Fsp3) is 0.900. The van der Waals surface area contributed by atoms with Crippen LogP contribution in [0.5, 0.6) is 0 Å². The molecule has 76 valence electrons. The molecule has 0 aliphatic carbocycles. The van der Waals surface area contributed by atoms with Crippen molar-refractivity contribution in [3.8, 4) is 0 Å². The van der Waals surface area contributed by atoms with Crippen molar-refractivity contribution in [1.82, 2.24) is 4.90 Å². The summed E-state index contributed by atoms with van der Waals surface area (Å²) in [5.41, 5.74) is -0.119. The number of thioether (sulfide) groups is 1. The van der Waals surface area contributed by atoms with Gasteiger partial charge in [-0.2, -0.15) is 11.8 Å². The summed E-state index contributed by atoms with van der Waals surface area (Å²) in [6, 6.07) is 0. The van der Waals surface area contributed by atoms with Gasteiger partial charge in [-0.3, -0.25) is 4.79 Å². The van der Waals surface area contributed by atoms with E-state index in [0.717, 1.165) is 18.1 Å². The Morgan fingerprint density at radius 1 is 1.62 bits per heavy atom. The van der Waals surface area contributed by atoms with Crippen LogP contribution in [0.2, 0.25) is 0 Å². The van der Waals surface area contributed by atoms with Crippen LogP contribution in [0.4, 0.5) is 0 Å². The molecule has 0 aromatic heterocycles. The van der Waals surface area contributed by atoms with Crippen molar-refractivity contribution in [3.63, 3.8) is 0 Å². The van der Waals surface area contributed by atoms with Gasteiger partial charge in [0.25, 0.3) is 0 Å². The number of hydrogen-bond donors (Lipinski definition) is 0. The predicted molar refractivity (Wildman–Crippen MR) is 58.2 cm³/mol. The largest absolute Gasteiger partial charge is 0.308 e. The summed E-state index contributed by atoms with van der Waals surface area (Å²) in [6.07, 6.45) is 0. The van der Waals surface area contributed by atoms with Crippen molar-refractivity contribution in [2.75, 3.05) is 32.1 Å². The molecule has 2 atom stereocenters. The SMILES string of the molecule is C[C@@H]1CSC[C@](C)(CN(C)C)C1=O. The lowest BCUT2D eigenvalue weighted by atomic mass is 9.81. The van der Waals surface area contributed by atoms with Crippen LogP contribution in [0.3, 0.4) is 0 Å². The van der Waals surface area contributed by atoms with Gasteiger partial charge in [0.15, 0.2) is 0 Å². The number of nitrogens with zero attached hydrogens (tertiary/aromatic N) is 1. The predicted octanol–water partition coefficient (Wildman–Crippen LogP) is 1.51. The Hall–Kier alpha value is -0.0200. The molecular formula is C10H19NOS. The molecule has 1 rings (SSSR count). The molecule has 0 spiro atoms. The summed E-state index contributed by atoms with van der Waals surface area (Å²) in [6.45, 7) is 5.02. The molecule has 1 heterocycles. The third kappa shape index (κ3) is 2.47. The first-order chi connectivity index (χ1) is 5.96. The van der Waals surface area contributed by atoms with Crippen molar-refractivity contribution in [3.05, 3.63) is 0 Å². The molecule has 13 heavy (non-hydrogen) atoms. The van der Waals surface area contributed by atoms with E-state index in [1.54, 1.807) is 0 Å². The standard InChI is InChI=1S/C10H19NOS/c1-8-5-13-7-10(2,9(8)12)6-11(3)4/h8H,5-7H2,1-4H3/t8-,10+/m1/s1. The van der Waals surface area contributed by atoms with Gasteiger partial charge in [0.05, 0.1) is 0 Å². The number of carbonyl (C=O) groups is 1. The van der Waals surface area contributed by atoms with Crippen molar-refractivity contribution in [1.29, 1.82) is 0 Å². The van der Waals surface area contributed by atoms with Crippen molar-refractivity contribution in [2.45, 2.75) is 13.8 Å². The number of hydrogen-bond acceptors (Lipinski definition) is 3. The second-order valence-corrected chi connectivity index (χ2v) is 5.61. The minimum absolute atomic E-state index is 0.119. The van der Waals surface area contributed by atoms with Crippen LogP contribution in [-0.2, 0) is 4.79 Å². The zero-order chi connectivity index (χ0) is 10.1. The van der Waals surface area contributed by atoms with Crippen molar-refractivity contribution in [2.24, 2.45) is 11.3 Å². The molecule has 0 unspecified atom stereocenters. The highest BCUT2D eigenvalue weighted by Crippen LogP contribution is 2.34. The van der Waals surface area contributed by atoms with Crippen LogP contribution >= 0.6 is 11.8 Å². The quantitative estimate of drug-likeness (QED) is 0.675. The third-order valence-electron chi connectivity index (χ3n) is 2.50. The molecule has 1 saturated heterocycles. The molecule has 0 N–H and O–H groups in total. The summed E-state index contributed by atoms with van der Waals surface area (Å²) in [5.74, 6) is 2.67. The Labute approximate surface area is 85.1 Å². The van der Waals surface area contributed by atoms with E-state index >= 15 is 0 Å². The van der Waals surface area contributed by atoms with E-state index in [1.165, 1.54) is 0 Å². The summed E-state index contributed by atoms with van der Waals surface area (Å²) in [5, 5.41) is 0. The third-order valence-corrected chi connectivity index (χ3v) is 4.07. The van der Waals surface area contributed by atoms with Crippen LogP contribution in [0.1, 0.15) is 13.8 Å². The van der Waals surface area contributed by atoms with Crippen molar-refractivity contribution < 1.29 is 4.79 Å². The maximum absolute atomic E-state index is 11.9. The van der Waals surface area contributed by atoms with Gasteiger partial charge in [0.1, 0.15) is 5.78 Å². The highest BCUT2D eigenvalue weighted by Gasteiger charge is 2.39. The average Bonchev–Trinajstić information content (AvgIpc) is 1.99. The minimum Gasteiger partial charge on any atom is -0.308 e. The molecule has 3 heteroatoms. The van der Waals surface area contributed by atoms with Crippen LogP contribution in [0.15, 0.2) is 0 Å². The number of ketones is 1. The molecule has 0 aromatic rings. The maximum Gasteiger partial charge on any atom is 0.144 e. The summed E-state index contributed by atoms with van der Waals surface area (Å²) in [4.78, 5) is 14.1. The summed E-state index contributed by atoms with van der Waals surface area (Å²) in [7, 11) is 4.06. The van der Waals surface area contributed by atoms with Gasteiger partial charge in [-0.05, 0) is 14.1 Å².